The monoisotopic (exact) mass is 491 g/mol. The van der Waals surface area contributed by atoms with Crippen molar-refractivity contribution in [2.45, 2.75) is 31.0 Å². The number of sulfonamides is 1. The molecule has 1 atom stereocenters. The normalized spacial score (nSPS) is 16.5. The van der Waals surface area contributed by atoms with Gasteiger partial charge < -0.3 is 24.8 Å². The van der Waals surface area contributed by atoms with Gasteiger partial charge in [0.05, 0.1) is 32.3 Å². The third kappa shape index (κ3) is 6.04. The third-order valence-corrected chi connectivity index (χ3v) is 7.24. The molecule has 0 unspecified atom stereocenters. The summed E-state index contributed by atoms with van der Waals surface area (Å²) >= 11 is 0. The second-order valence-corrected chi connectivity index (χ2v) is 9.56. The van der Waals surface area contributed by atoms with Gasteiger partial charge in [0, 0.05) is 13.1 Å². The van der Waals surface area contributed by atoms with E-state index >= 15 is 0 Å². The van der Waals surface area contributed by atoms with Crippen molar-refractivity contribution in [3.63, 3.8) is 0 Å². The van der Waals surface area contributed by atoms with Gasteiger partial charge in [0.25, 0.3) is 0 Å². The van der Waals surface area contributed by atoms with E-state index in [1.54, 1.807) is 37.3 Å². The standard InChI is InChI=1S/C23H29N3O7S/c1-16-12-19(8-9-20(16)32-3)34(29,30)26-10-5-11-33-21(26)15-25-23(28)22(27)24-14-17-6-4-7-18(13-17)31-2/h4,6-9,12-13,21H,5,10-11,14-15H2,1-3H3,(H,24,27)(H,25,28)/t21-/m1/s1. The first kappa shape index (κ1) is 25.5. The van der Waals surface area contributed by atoms with Crippen molar-refractivity contribution in [1.29, 1.82) is 0 Å². The van der Waals surface area contributed by atoms with Crippen molar-refractivity contribution in [2.75, 3.05) is 33.9 Å². The number of hydrogen-bond donors (Lipinski definition) is 2. The Morgan fingerprint density at radius 1 is 1.09 bits per heavy atom. The number of amides is 2. The Hall–Kier alpha value is -3.15. The average Bonchev–Trinajstić information content (AvgIpc) is 2.85. The molecule has 1 heterocycles. The maximum absolute atomic E-state index is 13.2. The summed E-state index contributed by atoms with van der Waals surface area (Å²) in [7, 11) is -0.837. The molecule has 11 heteroatoms. The van der Waals surface area contributed by atoms with Gasteiger partial charge in [-0.15, -0.1) is 0 Å². The molecule has 0 saturated carbocycles. The Labute approximate surface area is 199 Å². The number of ether oxygens (including phenoxy) is 3. The molecule has 2 aromatic carbocycles. The van der Waals surface area contributed by atoms with Crippen LogP contribution in [0.25, 0.3) is 0 Å². The molecule has 184 valence electrons. The lowest BCUT2D eigenvalue weighted by Gasteiger charge is -2.34. The fraction of sp³-hybridized carbons (Fsp3) is 0.391. The van der Waals surface area contributed by atoms with Crippen LogP contribution in [0.15, 0.2) is 47.4 Å². The second kappa shape index (κ2) is 11.3. The van der Waals surface area contributed by atoms with Crippen LogP contribution in [0, 0.1) is 6.92 Å². The summed E-state index contributed by atoms with van der Waals surface area (Å²) in [5.41, 5.74) is 1.45. The van der Waals surface area contributed by atoms with Crippen LogP contribution in [-0.4, -0.2) is 64.7 Å². The molecule has 0 spiro atoms. The van der Waals surface area contributed by atoms with Crippen LogP contribution in [0.1, 0.15) is 17.5 Å². The predicted octanol–water partition coefficient (Wildman–Crippen LogP) is 1.18. The van der Waals surface area contributed by atoms with Crippen molar-refractivity contribution >= 4 is 21.8 Å². The maximum Gasteiger partial charge on any atom is 0.309 e. The minimum absolute atomic E-state index is 0.101. The molecule has 34 heavy (non-hydrogen) atoms. The molecule has 3 rings (SSSR count). The molecule has 1 aliphatic heterocycles. The number of rotatable bonds is 8. The number of methoxy groups -OCH3 is 2. The summed E-state index contributed by atoms with van der Waals surface area (Å²) in [6.45, 7) is 2.30. The van der Waals surface area contributed by atoms with Crippen molar-refractivity contribution < 1.29 is 32.2 Å². The molecule has 0 aliphatic carbocycles. The summed E-state index contributed by atoms with van der Waals surface area (Å²) in [6, 6.07) is 11.7. The van der Waals surface area contributed by atoms with E-state index in [4.69, 9.17) is 14.2 Å². The van der Waals surface area contributed by atoms with Gasteiger partial charge in [0.1, 0.15) is 17.7 Å². The van der Waals surface area contributed by atoms with Gasteiger partial charge in [-0.3, -0.25) is 9.59 Å². The number of hydrogen-bond acceptors (Lipinski definition) is 7. The fourth-order valence-corrected chi connectivity index (χ4v) is 5.21. The van der Waals surface area contributed by atoms with Crippen LogP contribution in [0.4, 0.5) is 0 Å². The van der Waals surface area contributed by atoms with E-state index in [1.165, 1.54) is 30.7 Å². The number of benzene rings is 2. The molecule has 2 amide bonds. The van der Waals surface area contributed by atoms with Crippen molar-refractivity contribution in [3.05, 3.63) is 53.6 Å². The summed E-state index contributed by atoms with van der Waals surface area (Å²) < 4.78 is 43.6. The van der Waals surface area contributed by atoms with E-state index in [2.05, 4.69) is 10.6 Å². The lowest BCUT2D eigenvalue weighted by Crippen LogP contribution is -2.53. The van der Waals surface area contributed by atoms with Crippen LogP contribution in [0.2, 0.25) is 0 Å². The van der Waals surface area contributed by atoms with Gasteiger partial charge in [0.15, 0.2) is 0 Å². The van der Waals surface area contributed by atoms with E-state index in [0.717, 1.165) is 5.56 Å². The molecular weight excluding hydrogens is 462 g/mol. The van der Waals surface area contributed by atoms with Gasteiger partial charge in [0.2, 0.25) is 10.0 Å². The first-order chi connectivity index (χ1) is 16.3. The van der Waals surface area contributed by atoms with Crippen LogP contribution in [-0.2, 0) is 30.9 Å². The molecule has 10 nitrogen and oxygen atoms in total. The SMILES string of the molecule is COc1cccc(CNC(=O)C(=O)NC[C@H]2OCCCN2S(=O)(=O)c2ccc(OC)c(C)c2)c1. The number of nitrogens with zero attached hydrogens (tertiary/aromatic N) is 1. The Morgan fingerprint density at radius 3 is 2.56 bits per heavy atom. The summed E-state index contributed by atoms with van der Waals surface area (Å²) in [4.78, 5) is 24.6. The Morgan fingerprint density at radius 2 is 1.85 bits per heavy atom. The van der Waals surface area contributed by atoms with Crippen LogP contribution in [0.5, 0.6) is 11.5 Å². The summed E-state index contributed by atoms with van der Waals surface area (Å²) in [6.07, 6.45) is -0.420. The van der Waals surface area contributed by atoms with E-state index in [0.29, 0.717) is 30.1 Å². The molecule has 2 aromatic rings. The molecule has 0 bridgehead atoms. The number of carbonyl (C=O) groups excluding carboxylic acids is 2. The van der Waals surface area contributed by atoms with Gasteiger partial charge in [-0.05, 0) is 54.8 Å². The highest BCUT2D eigenvalue weighted by Crippen LogP contribution is 2.26. The topological polar surface area (TPSA) is 123 Å². The largest absolute Gasteiger partial charge is 0.497 e. The predicted molar refractivity (Wildman–Crippen MR) is 124 cm³/mol. The zero-order valence-corrected chi connectivity index (χ0v) is 20.2. The van der Waals surface area contributed by atoms with Crippen molar-refractivity contribution in [3.8, 4) is 11.5 Å². The molecular formula is C23H29N3O7S. The zero-order valence-electron chi connectivity index (χ0n) is 19.4. The Kier molecular flexibility index (Phi) is 8.48. The molecule has 1 aliphatic rings. The van der Waals surface area contributed by atoms with Crippen molar-refractivity contribution in [2.24, 2.45) is 0 Å². The van der Waals surface area contributed by atoms with Crippen LogP contribution >= 0.6 is 0 Å². The van der Waals surface area contributed by atoms with E-state index in [-0.39, 0.29) is 24.5 Å². The van der Waals surface area contributed by atoms with Gasteiger partial charge >= 0.3 is 11.8 Å². The summed E-state index contributed by atoms with van der Waals surface area (Å²) in [5.74, 6) is -0.495. The fourth-order valence-electron chi connectivity index (χ4n) is 3.55. The minimum Gasteiger partial charge on any atom is -0.497 e. The zero-order chi connectivity index (χ0) is 24.7. The van der Waals surface area contributed by atoms with E-state index < -0.39 is 28.1 Å². The second-order valence-electron chi connectivity index (χ2n) is 7.67. The maximum atomic E-state index is 13.2. The van der Waals surface area contributed by atoms with Crippen LogP contribution in [0.3, 0.4) is 0 Å². The quantitative estimate of drug-likeness (QED) is 0.532. The Balaban J connectivity index is 1.61. The molecule has 1 saturated heterocycles. The van der Waals surface area contributed by atoms with E-state index in [9.17, 15) is 18.0 Å². The summed E-state index contributed by atoms with van der Waals surface area (Å²) in [5, 5.41) is 5.00. The van der Waals surface area contributed by atoms with Crippen molar-refractivity contribution in [1.82, 2.24) is 14.9 Å². The third-order valence-electron chi connectivity index (χ3n) is 5.36. The molecule has 1 fully saturated rings. The highest BCUT2D eigenvalue weighted by atomic mass is 32.2. The smallest absolute Gasteiger partial charge is 0.309 e. The van der Waals surface area contributed by atoms with Crippen LogP contribution < -0.4 is 20.1 Å². The molecule has 2 N–H and O–H groups in total. The lowest BCUT2D eigenvalue weighted by molar-refractivity contribution is -0.140. The number of nitrogens with one attached hydrogen (secondary N) is 2. The van der Waals surface area contributed by atoms with Gasteiger partial charge in [-0.1, -0.05) is 12.1 Å². The van der Waals surface area contributed by atoms with Gasteiger partial charge in [-0.25, -0.2) is 8.42 Å². The van der Waals surface area contributed by atoms with Gasteiger partial charge in [-0.2, -0.15) is 4.31 Å². The number of aryl methyl sites for hydroxylation is 1. The Bertz CT molecular complexity index is 1140. The van der Waals surface area contributed by atoms with E-state index in [1.807, 2.05) is 0 Å². The highest BCUT2D eigenvalue weighted by molar-refractivity contribution is 7.89. The molecule has 0 radical (unpaired) electrons. The minimum atomic E-state index is -3.89. The highest BCUT2D eigenvalue weighted by Gasteiger charge is 2.35. The first-order valence-electron chi connectivity index (χ1n) is 10.7. The number of carbonyl (C=O) groups is 2. The lowest BCUT2D eigenvalue weighted by atomic mass is 10.2. The molecule has 0 aromatic heterocycles. The first-order valence-corrected chi connectivity index (χ1v) is 12.2. The average molecular weight is 492 g/mol.